The summed E-state index contributed by atoms with van der Waals surface area (Å²) in [7, 11) is 0. The number of aldehydes is 1. The molecule has 0 saturated heterocycles. The monoisotopic (exact) mass is 424 g/mol. The highest BCUT2D eigenvalue weighted by Crippen LogP contribution is 2.36. The zero-order chi connectivity index (χ0) is 22.3. The first-order valence-electron chi connectivity index (χ1n) is 10.5. The Balaban J connectivity index is 0.000000480. The second-order valence-corrected chi connectivity index (χ2v) is 8.32. The lowest BCUT2D eigenvalue weighted by Gasteiger charge is -2.09. The Morgan fingerprint density at radius 3 is 2.23 bits per heavy atom. The molecule has 1 aromatic carbocycles. The Labute approximate surface area is 183 Å². The predicted molar refractivity (Wildman–Crippen MR) is 126 cm³/mol. The number of aryl methyl sites for hydroxylation is 3. The minimum Gasteiger partial charge on any atom is -0.304 e. The molecule has 6 heteroatoms. The van der Waals surface area contributed by atoms with E-state index in [1.807, 2.05) is 6.92 Å². The van der Waals surface area contributed by atoms with Gasteiger partial charge in [0, 0.05) is 16.0 Å². The highest BCUT2D eigenvalue weighted by Gasteiger charge is 2.26. The SMILES string of the molecule is CC=O.CCC.CCc1ccc(C2=NCc3nnc(C)n3-c3sc(C)c(C)c32)cc1. The molecule has 0 fully saturated rings. The number of aliphatic imine (C=N–C) groups is 1. The first-order valence-corrected chi connectivity index (χ1v) is 11.3. The van der Waals surface area contributed by atoms with Crippen LogP contribution in [0.4, 0.5) is 0 Å². The summed E-state index contributed by atoms with van der Waals surface area (Å²) in [5.41, 5.74) is 6.11. The van der Waals surface area contributed by atoms with Gasteiger partial charge in [0.1, 0.15) is 23.7 Å². The first kappa shape index (κ1) is 23.7. The fraction of sp³-hybridized carbons (Fsp3) is 0.417. The molecule has 0 aliphatic carbocycles. The summed E-state index contributed by atoms with van der Waals surface area (Å²) in [6.07, 6.45) is 3.05. The van der Waals surface area contributed by atoms with E-state index in [0.29, 0.717) is 6.54 Å². The van der Waals surface area contributed by atoms with Gasteiger partial charge < -0.3 is 4.79 Å². The van der Waals surface area contributed by atoms with Crippen LogP contribution in [0.1, 0.15) is 72.9 Å². The summed E-state index contributed by atoms with van der Waals surface area (Å²) in [4.78, 5) is 15.0. The van der Waals surface area contributed by atoms with E-state index >= 15 is 0 Å². The van der Waals surface area contributed by atoms with Gasteiger partial charge in [0.2, 0.25) is 0 Å². The Kier molecular flexibility index (Phi) is 8.66. The van der Waals surface area contributed by atoms with Crippen molar-refractivity contribution in [3.8, 4) is 5.00 Å². The molecule has 2 aromatic heterocycles. The maximum atomic E-state index is 8.81. The van der Waals surface area contributed by atoms with Crippen LogP contribution in [0.25, 0.3) is 5.00 Å². The van der Waals surface area contributed by atoms with Crippen LogP contribution in [-0.4, -0.2) is 26.8 Å². The molecule has 3 heterocycles. The third-order valence-corrected chi connectivity index (χ3v) is 5.91. The van der Waals surface area contributed by atoms with Gasteiger partial charge in [0.05, 0.1) is 5.71 Å². The molecular formula is C24H32N4OS. The summed E-state index contributed by atoms with van der Waals surface area (Å²) in [6, 6.07) is 8.77. The number of fused-ring (bicyclic) bond motifs is 3. The molecular weight excluding hydrogens is 392 g/mol. The number of benzene rings is 1. The van der Waals surface area contributed by atoms with Crippen LogP contribution in [0.2, 0.25) is 0 Å². The molecule has 5 nitrogen and oxygen atoms in total. The second-order valence-electron chi connectivity index (χ2n) is 7.12. The minimum atomic E-state index is 0.561. The average molecular weight is 425 g/mol. The van der Waals surface area contributed by atoms with Crippen molar-refractivity contribution >= 4 is 23.3 Å². The Morgan fingerprint density at radius 2 is 1.67 bits per heavy atom. The summed E-state index contributed by atoms with van der Waals surface area (Å²) in [5.74, 6) is 1.83. The van der Waals surface area contributed by atoms with Gasteiger partial charge in [0.15, 0.2) is 5.82 Å². The molecule has 0 radical (unpaired) electrons. The van der Waals surface area contributed by atoms with Gasteiger partial charge >= 0.3 is 0 Å². The van der Waals surface area contributed by atoms with Gasteiger partial charge in [-0.05, 0) is 45.2 Å². The average Bonchev–Trinajstić information content (AvgIpc) is 3.17. The van der Waals surface area contributed by atoms with Gasteiger partial charge in [-0.1, -0.05) is 51.5 Å². The number of aromatic nitrogens is 3. The highest BCUT2D eigenvalue weighted by molar-refractivity contribution is 7.15. The van der Waals surface area contributed by atoms with Crippen LogP contribution in [0.3, 0.4) is 0 Å². The highest BCUT2D eigenvalue weighted by atomic mass is 32.1. The number of rotatable bonds is 2. The molecule has 160 valence electrons. The van der Waals surface area contributed by atoms with Crippen molar-refractivity contribution in [1.29, 1.82) is 0 Å². The van der Waals surface area contributed by atoms with Crippen LogP contribution in [-0.2, 0) is 17.8 Å². The Bertz CT molecular complexity index is 1010. The van der Waals surface area contributed by atoms with Gasteiger partial charge in [-0.2, -0.15) is 0 Å². The standard InChI is InChI=1S/C19H20N4S.C3H8.C2H4O/c1-5-14-6-8-15(9-7-14)18-17-11(2)12(3)24-19(17)23-13(4)21-22-16(23)10-20-18;1-3-2;1-2-3/h6-9H,5,10H2,1-4H3;3H2,1-2H3;2H,1H3. The van der Waals surface area contributed by atoms with E-state index < -0.39 is 0 Å². The van der Waals surface area contributed by atoms with E-state index in [1.54, 1.807) is 11.3 Å². The van der Waals surface area contributed by atoms with Crippen molar-refractivity contribution < 1.29 is 4.79 Å². The zero-order valence-corrected chi connectivity index (χ0v) is 19.9. The number of thiophene rings is 1. The van der Waals surface area contributed by atoms with E-state index in [1.165, 1.54) is 45.5 Å². The van der Waals surface area contributed by atoms with Crippen molar-refractivity contribution in [2.24, 2.45) is 4.99 Å². The Morgan fingerprint density at radius 1 is 1.07 bits per heavy atom. The molecule has 3 aromatic rings. The van der Waals surface area contributed by atoms with E-state index in [-0.39, 0.29) is 0 Å². The lowest BCUT2D eigenvalue weighted by atomic mass is 9.98. The van der Waals surface area contributed by atoms with Crippen LogP contribution in [0.15, 0.2) is 29.3 Å². The second kappa shape index (κ2) is 11.0. The molecule has 1 aliphatic heterocycles. The molecule has 0 amide bonds. The number of carbonyl (C=O) groups excluding carboxylic acids is 1. The zero-order valence-electron chi connectivity index (χ0n) is 19.1. The summed E-state index contributed by atoms with van der Waals surface area (Å²) in [6.45, 7) is 14.8. The van der Waals surface area contributed by atoms with Gasteiger partial charge in [-0.3, -0.25) is 9.56 Å². The number of nitrogens with zero attached hydrogens (tertiary/aromatic N) is 4. The van der Waals surface area contributed by atoms with Crippen LogP contribution >= 0.6 is 11.3 Å². The van der Waals surface area contributed by atoms with Crippen LogP contribution in [0.5, 0.6) is 0 Å². The van der Waals surface area contributed by atoms with Crippen molar-refractivity contribution in [1.82, 2.24) is 14.8 Å². The fourth-order valence-corrected chi connectivity index (χ4v) is 4.41. The Hall–Kier alpha value is -2.60. The smallest absolute Gasteiger partial charge is 0.160 e. The maximum absolute atomic E-state index is 8.81. The third-order valence-electron chi connectivity index (χ3n) is 4.71. The van der Waals surface area contributed by atoms with E-state index in [9.17, 15) is 0 Å². The molecule has 30 heavy (non-hydrogen) atoms. The lowest BCUT2D eigenvalue weighted by molar-refractivity contribution is -0.106. The quantitative estimate of drug-likeness (QED) is 0.489. The minimum absolute atomic E-state index is 0.561. The number of hydrogen-bond donors (Lipinski definition) is 0. The van der Waals surface area contributed by atoms with Gasteiger partial charge in [-0.15, -0.1) is 21.5 Å². The first-order chi connectivity index (χ1) is 14.4. The van der Waals surface area contributed by atoms with E-state index in [4.69, 9.17) is 9.79 Å². The van der Waals surface area contributed by atoms with E-state index in [0.717, 1.165) is 30.1 Å². The molecule has 1 aliphatic rings. The van der Waals surface area contributed by atoms with Crippen LogP contribution in [0, 0.1) is 20.8 Å². The largest absolute Gasteiger partial charge is 0.304 e. The normalized spacial score (nSPS) is 11.6. The van der Waals surface area contributed by atoms with Gasteiger partial charge in [-0.25, -0.2) is 0 Å². The number of hydrogen-bond acceptors (Lipinski definition) is 5. The van der Waals surface area contributed by atoms with Crippen molar-refractivity contribution in [2.75, 3.05) is 0 Å². The summed E-state index contributed by atoms with van der Waals surface area (Å²) >= 11 is 1.80. The molecule has 0 spiro atoms. The molecule has 0 bridgehead atoms. The molecule has 4 rings (SSSR count). The summed E-state index contributed by atoms with van der Waals surface area (Å²) in [5, 5.41) is 9.76. The third kappa shape index (κ3) is 4.93. The summed E-state index contributed by atoms with van der Waals surface area (Å²) < 4.78 is 2.16. The van der Waals surface area contributed by atoms with Crippen LogP contribution < -0.4 is 0 Å². The molecule has 0 saturated carbocycles. The van der Waals surface area contributed by atoms with Crippen molar-refractivity contribution in [3.63, 3.8) is 0 Å². The van der Waals surface area contributed by atoms with E-state index in [2.05, 4.69) is 73.6 Å². The van der Waals surface area contributed by atoms with Crippen molar-refractivity contribution in [3.05, 3.63) is 63.0 Å². The van der Waals surface area contributed by atoms with Gasteiger partial charge in [0.25, 0.3) is 0 Å². The topological polar surface area (TPSA) is 60.1 Å². The predicted octanol–water partition coefficient (Wildman–Crippen LogP) is 5.79. The molecule has 0 N–H and O–H groups in total. The lowest BCUT2D eigenvalue weighted by Crippen LogP contribution is -2.07. The maximum Gasteiger partial charge on any atom is 0.160 e. The molecule has 0 unspecified atom stereocenters. The number of carbonyl (C=O) groups is 1. The van der Waals surface area contributed by atoms with Crippen molar-refractivity contribution in [2.45, 2.75) is 67.9 Å². The molecule has 0 atom stereocenters. The fourth-order valence-electron chi connectivity index (χ4n) is 3.18.